The molecule has 2 aromatic carbocycles. The summed E-state index contributed by atoms with van der Waals surface area (Å²) in [6.45, 7) is 10.2. The van der Waals surface area contributed by atoms with E-state index in [0.717, 1.165) is 5.69 Å². The minimum absolute atomic E-state index is 0.000764. The molecule has 1 saturated heterocycles. The summed E-state index contributed by atoms with van der Waals surface area (Å²) in [6.07, 6.45) is -0.0159. The normalized spacial score (nSPS) is 25.7. The Morgan fingerprint density at radius 1 is 0.960 bits per heavy atom. The molecule has 4 rings (SSSR count). The molecule has 2 aliphatic rings. The van der Waals surface area contributed by atoms with Crippen molar-refractivity contribution in [2.45, 2.75) is 51.4 Å². The molecule has 2 heterocycles. The second kappa shape index (κ2) is 6.15. The van der Waals surface area contributed by atoms with Gasteiger partial charge < -0.3 is 14.8 Å². The first-order valence-electron chi connectivity index (χ1n) is 9.14. The second-order valence-corrected chi connectivity index (χ2v) is 8.21. The Morgan fingerprint density at radius 3 is 2.40 bits per heavy atom. The molecule has 0 saturated carbocycles. The first kappa shape index (κ1) is 16.6. The van der Waals surface area contributed by atoms with E-state index in [9.17, 15) is 0 Å². The van der Waals surface area contributed by atoms with Gasteiger partial charge in [-0.1, -0.05) is 62.7 Å². The van der Waals surface area contributed by atoms with Crippen LogP contribution in [0.15, 0.2) is 42.5 Å². The number of anilines is 1. The molecule has 0 spiro atoms. The number of fused-ring (bicyclic) bond motifs is 3. The molecule has 3 nitrogen and oxygen atoms in total. The van der Waals surface area contributed by atoms with E-state index in [2.05, 4.69) is 75.5 Å². The summed E-state index contributed by atoms with van der Waals surface area (Å²) in [7, 11) is 0. The van der Waals surface area contributed by atoms with Crippen LogP contribution in [0.4, 0.5) is 5.69 Å². The van der Waals surface area contributed by atoms with Gasteiger partial charge >= 0.3 is 0 Å². The molecule has 3 unspecified atom stereocenters. The zero-order valence-electron chi connectivity index (χ0n) is 15.5. The molecule has 2 aromatic rings. The van der Waals surface area contributed by atoms with Crippen molar-refractivity contribution < 1.29 is 9.47 Å². The SMILES string of the molecule is Cc1ccc(C2Nc3ccc(C(C)(C)C)cc3C3OCCOC23)cc1. The fourth-order valence-corrected chi connectivity index (χ4v) is 3.77. The summed E-state index contributed by atoms with van der Waals surface area (Å²) in [4.78, 5) is 0. The van der Waals surface area contributed by atoms with Crippen LogP contribution in [-0.4, -0.2) is 19.3 Å². The van der Waals surface area contributed by atoms with Crippen LogP contribution in [0.25, 0.3) is 0 Å². The Bertz CT molecular complexity index is 761. The molecule has 2 aliphatic heterocycles. The van der Waals surface area contributed by atoms with Crippen LogP contribution in [-0.2, 0) is 14.9 Å². The predicted molar refractivity (Wildman–Crippen MR) is 101 cm³/mol. The van der Waals surface area contributed by atoms with Gasteiger partial charge in [-0.15, -0.1) is 0 Å². The molecule has 132 valence electrons. The third-order valence-electron chi connectivity index (χ3n) is 5.29. The largest absolute Gasteiger partial charge is 0.375 e. The Balaban J connectivity index is 1.76. The van der Waals surface area contributed by atoms with Gasteiger partial charge in [-0.05, 0) is 29.5 Å². The predicted octanol–water partition coefficient (Wildman–Crippen LogP) is 4.92. The van der Waals surface area contributed by atoms with E-state index in [0.29, 0.717) is 13.2 Å². The van der Waals surface area contributed by atoms with Gasteiger partial charge in [-0.3, -0.25) is 0 Å². The molecule has 3 atom stereocenters. The van der Waals surface area contributed by atoms with Crippen molar-refractivity contribution in [2.75, 3.05) is 18.5 Å². The van der Waals surface area contributed by atoms with E-state index in [-0.39, 0.29) is 23.7 Å². The van der Waals surface area contributed by atoms with Gasteiger partial charge in [0.1, 0.15) is 12.2 Å². The molecule has 0 amide bonds. The summed E-state index contributed by atoms with van der Waals surface area (Å²) >= 11 is 0. The summed E-state index contributed by atoms with van der Waals surface area (Å²) in [5.74, 6) is 0. The quantitative estimate of drug-likeness (QED) is 0.801. The van der Waals surface area contributed by atoms with E-state index in [1.54, 1.807) is 0 Å². The van der Waals surface area contributed by atoms with E-state index >= 15 is 0 Å². The highest BCUT2D eigenvalue weighted by atomic mass is 16.6. The Labute approximate surface area is 150 Å². The lowest BCUT2D eigenvalue weighted by Gasteiger charge is -2.43. The molecule has 0 bridgehead atoms. The van der Waals surface area contributed by atoms with Gasteiger partial charge in [0.25, 0.3) is 0 Å². The summed E-state index contributed by atoms with van der Waals surface area (Å²) < 4.78 is 12.4. The van der Waals surface area contributed by atoms with Gasteiger partial charge in [0.2, 0.25) is 0 Å². The lowest BCUT2D eigenvalue weighted by atomic mass is 9.82. The average molecular weight is 337 g/mol. The van der Waals surface area contributed by atoms with Crippen LogP contribution < -0.4 is 5.32 Å². The number of ether oxygens (including phenoxy) is 2. The van der Waals surface area contributed by atoms with Crippen molar-refractivity contribution in [3.05, 3.63) is 64.7 Å². The maximum Gasteiger partial charge on any atom is 0.113 e. The number of rotatable bonds is 1. The Kier molecular flexibility index (Phi) is 4.09. The second-order valence-electron chi connectivity index (χ2n) is 8.21. The van der Waals surface area contributed by atoms with Gasteiger partial charge in [0.15, 0.2) is 0 Å². The first-order chi connectivity index (χ1) is 11.9. The maximum atomic E-state index is 6.19. The lowest BCUT2D eigenvalue weighted by Crippen LogP contribution is -2.43. The van der Waals surface area contributed by atoms with Crippen LogP contribution >= 0.6 is 0 Å². The van der Waals surface area contributed by atoms with Crippen LogP contribution in [0.5, 0.6) is 0 Å². The topological polar surface area (TPSA) is 30.5 Å². The van der Waals surface area contributed by atoms with E-state index in [1.165, 1.54) is 22.3 Å². The van der Waals surface area contributed by atoms with Crippen LogP contribution in [0, 0.1) is 6.92 Å². The van der Waals surface area contributed by atoms with Crippen molar-refractivity contribution in [1.29, 1.82) is 0 Å². The van der Waals surface area contributed by atoms with E-state index < -0.39 is 0 Å². The van der Waals surface area contributed by atoms with Crippen molar-refractivity contribution in [3.63, 3.8) is 0 Å². The maximum absolute atomic E-state index is 6.19. The molecule has 1 fully saturated rings. The molecular formula is C22H27NO2. The van der Waals surface area contributed by atoms with Crippen molar-refractivity contribution >= 4 is 5.69 Å². The number of aryl methyl sites for hydroxylation is 1. The third-order valence-corrected chi connectivity index (χ3v) is 5.29. The minimum atomic E-state index is -0.0152. The Hall–Kier alpha value is -1.84. The third kappa shape index (κ3) is 3.07. The average Bonchev–Trinajstić information content (AvgIpc) is 2.60. The van der Waals surface area contributed by atoms with Crippen LogP contribution in [0.2, 0.25) is 0 Å². The highest BCUT2D eigenvalue weighted by Crippen LogP contribution is 2.45. The van der Waals surface area contributed by atoms with Crippen molar-refractivity contribution in [3.8, 4) is 0 Å². The highest BCUT2D eigenvalue weighted by molar-refractivity contribution is 5.59. The number of hydrogen-bond donors (Lipinski definition) is 1. The number of benzene rings is 2. The van der Waals surface area contributed by atoms with E-state index in [1.807, 2.05) is 0 Å². The first-order valence-corrected chi connectivity index (χ1v) is 9.14. The molecule has 0 aromatic heterocycles. The van der Waals surface area contributed by atoms with Gasteiger partial charge in [0, 0.05) is 11.3 Å². The fourth-order valence-electron chi connectivity index (χ4n) is 3.77. The zero-order chi connectivity index (χ0) is 17.6. The highest BCUT2D eigenvalue weighted by Gasteiger charge is 2.41. The van der Waals surface area contributed by atoms with Gasteiger partial charge in [0.05, 0.1) is 19.3 Å². The van der Waals surface area contributed by atoms with Gasteiger partial charge in [-0.2, -0.15) is 0 Å². The van der Waals surface area contributed by atoms with Gasteiger partial charge in [-0.25, -0.2) is 0 Å². The fraction of sp³-hybridized carbons (Fsp3) is 0.455. The van der Waals surface area contributed by atoms with Crippen molar-refractivity contribution in [1.82, 2.24) is 0 Å². The van der Waals surface area contributed by atoms with Crippen LogP contribution in [0.1, 0.15) is 55.2 Å². The molecule has 0 radical (unpaired) electrons. The summed E-state index contributed by atoms with van der Waals surface area (Å²) in [5.41, 5.74) is 6.35. The molecule has 3 heteroatoms. The zero-order valence-corrected chi connectivity index (χ0v) is 15.5. The van der Waals surface area contributed by atoms with Crippen molar-refractivity contribution in [2.24, 2.45) is 0 Å². The monoisotopic (exact) mass is 337 g/mol. The lowest BCUT2D eigenvalue weighted by molar-refractivity contribution is -0.151. The Morgan fingerprint density at radius 2 is 1.68 bits per heavy atom. The molecule has 25 heavy (non-hydrogen) atoms. The molecule has 0 aliphatic carbocycles. The number of hydrogen-bond acceptors (Lipinski definition) is 3. The minimum Gasteiger partial charge on any atom is -0.375 e. The molecular weight excluding hydrogens is 310 g/mol. The standard InChI is InChI=1S/C22H27NO2/c1-14-5-7-15(8-6-14)19-21-20(24-11-12-25-21)17-13-16(22(2,3)4)9-10-18(17)23-19/h5-10,13,19-21,23H,11-12H2,1-4H3. The molecule has 1 N–H and O–H groups in total. The van der Waals surface area contributed by atoms with Crippen LogP contribution in [0.3, 0.4) is 0 Å². The van der Waals surface area contributed by atoms with E-state index in [4.69, 9.17) is 9.47 Å². The smallest absolute Gasteiger partial charge is 0.113 e. The summed E-state index contributed by atoms with van der Waals surface area (Å²) in [5, 5.41) is 3.71. The number of nitrogens with one attached hydrogen (secondary N) is 1. The summed E-state index contributed by atoms with van der Waals surface area (Å²) in [6, 6.07) is 15.5.